The van der Waals surface area contributed by atoms with Gasteiger partial charge in [0.2, 0.25) is 0 Å². The molecule has 12 rings (SSSR count). The molecule has 10 aromatic carbocycles. The Morgan fingerprint density at radius 1 is 0.310 bits per heavy atom. The van der Waals surface area contributed by atoms with Crippen LogP contribution in [0.15, 0.2) is 194 Å². The van der Waals surface area contributed by atoms with E-state index in [1.807, 2.05) is 0 Å². The van der Waals surface area contributed by atoms with Crippen LogP contribution in [0.1, 0.15) is 97.2 Å². The van der Waals surface area contributed by atoms with Crippen molar-refractivity contribution in [2.45, 2.75) is 85.5 Å². The van der Waals surface area contributed by atoms with Crippen molar-refractivity contribution in [3.8, 4) is 22.3 Å². The Morgan fingerprint density at radius 3 is 1.07 bits per heavy atom. The van der Waals surface area contributed by atoms with E-state index >= 15 is 0 Å². The summed E-state index contributed by atoms with van der Waals surface area (Å²) in [4.78, 5) is 4.82. The average molecular weight is 919 g/mol. The van der Waals surface area contributed by atoms with Crippen LogP contribution in [0.2, 0.25) is 0 Å². The number of para-hydroxylation sites is 2. The quantitative estimate of drug-likeness (QED) is 0.164. The van der Waals surface area contributed by atoms with Gasteiger partial charge in [-0.1, -0.05) is 163 Å². The van der Waals surface area contributed by atoms with Crippen LogP contribution >= 0.6 is 0 Å². The Hall–Kier alpha value is -7.68. The number of nitrogens with zero attached hydrogens (tertiary/aromatic N) is 2. The molecule has 2 aliphatic rings. The highest BCUT2D eigenvalue weighted by Crippen LogP contribution is 2.66. The summed E-state index contributed by atoms with van der Waals surface area (Å²) in [6, 6.07) is 74.2. The zero-order valence-corrected chi connectivity index (χ0v) is 42.9. The second-order valence-electron chi connectivity index (χ2n) is 22.4. The highest BCUT2D eigenvalue weighted by atomic mass is 15.1. The van der Waals surface area contributed by atoms with Crippen molar-refractivity contribution >= 4 is 55.7 Å². The zero-order chi connectivity index (χ0) is 49.1. The molecule has 0 amide bonds. The van der Waals surface area contributed by atoms with Crippen LogP contribution in [0.3, 0.4) is 0 Å². The van der Waals surface area contributed by atoms with Crippen LogP contribution < -0.4 is 9.80 Å². The average Bonchev–Trinajstić information content (AvgIpc) is 3.83. The Balaban J connectivity index is 1.15. The maximum absolute atomic E-state index is 2.53. The van der Waals surface area contributed by atoms with E-state index in [-0.39, 0.29) is 10.8 Å². The molecule has 0 heterocycles. The van der Waals surface area contributed by atoms with Crippen LogP contribution in [0.5, 0.6) is 0 Å². The summed E-state index contributed by atoms with van der Waals surface area (Å²) < 4.78 is 0. The normalized spacial score (nSPS) is 13.3. The van der Waals surface area contributed by atoms with Crippen molar-refractivity contribution < 1.29 is 0 Å². The highest BCUT2D eigenvalue weighted by molar-refractivity contribution is 6.10. The Labute approximate surface area is 420 Å². The van der Waals surface area contributed by atoms with Crippen molar-refractivity contribution in [2.24, 2.45) is 0 Å². The number of anilines is 6. The molecule has 0 fully saturated rings. The maximum Gasteiger partial charge on any atom is 0.0737 e. The number of fused-ring (bicyclic) bond motifs is 14. The van der Waals surface area contributed by atoms with Gasteiger partial charge in [0, 0.05) is 34.1 Å². The topological polar surface area (TPSA) is 6.48 Å². The van der Waals surface area contributed by atoms with Gasteiger partial charge in [-0.25, -0.2) is 0 Å². The van der Waals surface area contributed by atoms with E-state index in [1.54, 1.807) is 0 Å². The number of rotatable bonds is 6. The summed E-state index contributed by atoms with van der Waals surface area (Å²) in [6.07, 6.45) is 0. The third-order valence-corrected chi connectivity index (χ3v) is 16.0. The van der Waals surface area contributed by atoms with Gasteiger partial charge in [-0.3, -0.25) is 0 Å². The van der Waals surface area contributed by atoms with Gasteiger partial charge >= 0.3 is 0 Å². The first-order valence-electron chi connectivity index (χ1n) is 25.4. The lowest BCUT2D eigenvalue weighted by molar-refractivity contribution is 0.589. The van der Waals surface area contributed by atoms with Crippen molar-refractivity contribution in [3.05, 3.63) is 250 Å². The van der Waals surface area contributed by atoms with Crippen LogP contribution in [0.4, 0.5) is 34.1 Å². The number of benzene rings is 10. The van der Waals surface area contributed by atoms with Crippen molar-refractivity contribution in [1.82, 2.24) is 0 Å². The van der Waals surface area contributed by atoms with Crippen molar-refractivity contribution in [2.75, 3.05) is 9.80 Å². The third-order valence-electron chi connectivity index (χ3n) is 16.0. The van der Waals surface area contributed by atoms with Crippen molar-refractivity contribution in [1.29, 1.82) is 0 Å². The predicted octanol–water partition coefficient (Wildman–Crippen LogP) is 19.1. The Morgan fingerprint density at radius 2 is 0.690 bits per heavy atom. The van der Waals surface area contributed by atoms with Crippen LogP contribution in [-0.2, 0) is 16.2 Å². The molecule has 2 heteroatoms. The van der Waals surface area contributed by atoms with Gasteiger partial charge in [0.15, 0.2) is 0 Å². The first-order chi connectivity index (χ1) is 34.1. The maximum atomic E-state index is 2.53. The third kappa shape index (κ3) is 6.97. The molecule has 0 aliphatic heterocycles. The van der Waals surface area contributed by atoms with E-state index in [2.05, 4.69) is 273 Å². The summed E-state index contributed by atoms with van der Waals surface area (Å²) in [7, 11) is 0. The lowest BCUT2D eigenvalue weighted by Crippen LogP contribution is -2.27. The zero-order valence-electron chi connectivity index (χ0n) is 42.9. The first kappa shape index (κ1) is 44.5. The number of hydrogen-bond donors (Lipinski definition) is 0. The van der Waals surface area contributed by atoms with Gasteiger partial charge in [0.25, 0.3) is 0 Å². The van der Waals surface area contributed by atoms with Crippen LogP contribution in [0.25, 0.3) is 43.8 Å². The van der Waals surface area contributed by atoms with Gasteiger partial charge < -0.3 is 9.80 Å². The SMILES string of the molecule is Cc1ccc(N(c2ccccc2)c2ccc3c4c(ccc3c2)-c2ccc3cc(N(c5ccccc5)c5ccc(C)c(C)c5)ccc3c2C42c3ccc(C(C)(C)C)cc3-c3cc(C(C)(C)C)ccc32)cc1C. The minimum atomic E-state index is -0.593. The van der Waals surface area contributed by atoms with Gasteiger partial charge in [0.05, 0.1) is 5.41 Å². The molecule has 0 atom stereocenters. The molecule has 0 saturated carbocycles. The minimum absolute atomic E-state index is 0.0223. The second kappa shape index (κ2) is 16.2. The molecule has 0 N–H and O–H groups in total. The molecule has 2 aliphatic carbocycles. The summed E-state index contributed by atoms with van der Waals surface area (Å²) in [5.74, 6) is 0. The number of hydrogen-bond acceptors (Lipinski definition) is 2. The molecule has 2 nitrogen and oxygen atoms in total. The largest absolute Gasteiger partial charge is 0.310 e. The molecule has 0 saturated heterocycles. The van der Waals surface area contributed by atoms with Gasteiger partial charge in [-0.15, -0.1) is 0 Å². The van der Waals surface area contributed by atoms with E-state index in [0.717, 1.165) is 34.1 Å². The molecule has 0 bridgehead atoms. The first-order valence-corrected chi connectivity index (χ1v) is 25.4. The number of aryl methyl sites for hydroxylation is 4. The van der Waals surface area contributed by atoms with E-state index < -0.39 is 5.41 Å². The molecular weight excluding hydrogens is 857 g/mol. The molecular formula is C69H62N2. The standard InChI is InChI=1S/C69H62N2/c1-43-21-27-53(37-45(43)3)70(51-17-13-11-14-18-51)55-29-33-57-47(39-55)23-31-59-60-32-24-48-40-56(71(52-19-15-12-16-20-52)54-28-22-44(2)46(4)38-54)30-34-58(48)66(60)69(65(57)59)63-35-25-49(67(5,6)7)41-61(63)62-42-50(68(8,9)10)26-36-64(62)69/h11-42H,1-10H3. The van der Waals surface area contributed by atoms with E-state index in [4.69, 9.17) is 0 Å². The van der Waals surface area contributed by atoms with Crippen LogP contribution in [-0.4, -0.2) is 0 Å². The fraction of sp³-hybridized carbons (Fsp3) is 0.188. The van der Waals surface area contributed by atoms with Gasteiger partial charge in [-0.05, 0) is 211 Å². The Bertz CT molecular complexity index is 3520. The molecule has 71 heavy (non-hydrogen) atoms. The molecule has 0 radical (unpaired) electrons. The molecule has 0 aromatic heterocycles. The van der Waals surface area contributed by atoms with Gasteiger partial charge in [0.1, 0.15) is 0 Å². The fourth-order valence-corrected chi connectivity index (χ4v) is 11.9. The summed E-state index contributed by atoms with van der Waals surface area (Å²) in [6.45, 7) is 22.9. The lowest BCUT2D eigenvalue weighted by atomic mass is 9.68. The minimum Gasteiger partial charge on any atom is -0.310 e. The summed E-state index contributed by atoms with van der Waals surface area (Å²) in [5, 5.41) is 5.02. The summed E-state index contributed by atoms with van der Waals surface area (Å²) >= 11 is 0. The highest BCUT2D eigenvalue weighted by Gasteiger charge is 2.53. The van der Waals surface area contributed by atoms with Crippen LogP contribution in [0, 0.1) is 27.7 Å². The lowest BCUT2D eigenvalue weighted by Gasteiger charge is -2.33. The molecule has 348 valence electrons. The smallest absolute Gasteiger partial charge is 0.0737 e. The van der Waals surface area contributed by atoms with E-state index in [1.165, 1.54) is 99.4 Å². The fourth-order valence-electron chi connectivity index (χ4n) is 11.9. The van der Waals surface area contributed by atoms with Crippen molar-refractivity contribution in [3.63, 3.8) is 0 Å². The predicted molar refractivity (Wildman–Crippen MR) is 303 cm³/mol. The van der Waals surface area contributed by atoms with E-state index in [0.29, 0.717) is 0 Å². The van der Waals surface area contributed by atoms with E-state index in [9.17, 15) is 0 Å². The monoisotopic (exact) mass is 918 g/mol. The molecule has 1 spiro atoms. The molecule has 0 unspecified atom stereocenters. The Kier molecular flexibility index (Phi) is 10.2. The van der Waals surface area contributed by atoms with Gasteiger partial charge in [-0.2, -0.15) is 0 Å². The molecule has 10 aromatic rings. The summed E-state index contributed by atoms with van der Waals surface area (Å²) in [5.41, 5.74) is 24.8. The second-order valence-corrected chi connectivity index (χ2v) is 22.4.